The molecule has 0 radical (unpaired) electrons. The van der Waals surface area contributed by atoms with E-state index in [4.69, 9.17) is 4.98 Å². The second-order valence-corrected chi connectivity index (χ2v) is 8.17. The lowest BCUT2D eigenvalue weighted by Gasteiger charge is -2.24. The van der Waals surface area contributed by atoms with Crippen molar-refractivity contribution in [2.45, 2.75) is 64.8 Å². The van der Waals surface area contributed by atoms with Crippen LogP contribution in [0.15, 0.2) is 24.5 Å². The quantitative estimate of drug-likeness (QED) is 0.816. The van der Waals surface area contributed by atoms with Gasteiger partial charge in [0.1, 0.15) is 5.65 Å². The van der Waals surface area contributed by atoms with Gasteiger partial charge in [-0.25, -0.2) is 4.98 Å². The van der Waals surface area contributed by atoms with Crippen molar-refractivity contribution in [2.24, 2.45) is 11.8 Å². The molecular formula is C22H31N3O. The van der Waals surface area contributed by atoms with E-state index in [0.29, 0.717) is 17.7 Å². The fraction of sp³-hybridized carbons (Fsp3) is 0.636. The summed E-state index contributed by atoms with van der Waals surface area (Å²) in [6.07, 6.45) is 13.5. The fourth-order valence-corrected chi connectivity index (χ4v) is 4.84. The van der Waals surface area contributed by atoms with Crippen molar-refractivity contribution >= 4 is 16.9 Å². The largest absolute Gasteiger partial charge is 0.342 e. The van der Waals surface area contributed by atoms with Gasteiger partial charge in [-0.2, -0.15) is 0 Å². The molecule has 1 atom stereocenters. The van der Waals surface area contributed by atoms with Gasteiger partial charge in [-0.1, -0.05) is 12.8 Å². The zero-order valence-corrected chi connectivity index (χ0v) is 16.0. The van der Waals surface area contributed by atoms with Crippen LogP contribution in [0.5, 0.6) is 0 Å². The smallest absolute Gasteiger partial charge is 0.225 e. The maximum atomic E-state index is 12.7. The van der Waals surface area contributed by atoms with Gasteiger partial charge in [-0.15, -0.1) is 0 Å². The molecule has 140 valence electrons. The first-order valence-electron chi connectivity index (χ1n) is 10.5. The number of nitrogens with zero attached hydrogens (tertiary/aromatic N) is 3. The highest BCUT2D eigenvalue weighted by molar-refractivity contribution is 5.79. The van der Waals surface area contributed by atoms with Gasteiger partial charge >= 0.3 is 0 Å². The minimum Gasteiger partial charge on any atom is -0.342 e. The number of carbonyl (C=O) groups is 1. The van der Waals surface area contributed by atoms with Crippen LogP contribution in [0.4, 0.5) is 0 Å². The van der Waals surface area contributed by atoms with Crippen molar-refractivity contribution in [3.8, 4) is 0 Å². The number of hydrogen-bond acceptors (Lipinski definition) is 2. The summed E-state index contributed by atoms with van der Waals surface area (Å²) < 4.78 is 2.19. The highest BCUT2D eigenvalue weighted by Crippen LogP contribution is 2.29. The van der Waals surface area contributed by atoms with E-state index in [2.05, 4.69) is 40.9 Å². The van der Waals surface area contributed by atoms with E-state index in [1.807, 2.05) is 0 Å². The summed E-state index contributed by atoms with van der Waals surface area (Å²) in [7, 11) is 0. The minimum absolute atomic E-state index is 0.320. The van der Waals surface area contributed by atoms with Crippen LogP contribution in [0.3, 0.4) is 0 Å². The molecule has 3 heterocycles. The zero-order chi connectivity index (χ0) is 17.9. The Morgan fingerprint density at radius 1 is 1.15 bits per heavy atom. The molecule has 0 bridgehead atoms. The van der Waals surface area contributed by atoms with Gasteiger partial charge in [-0.05, 0) is 69.1 Å². The van der Waals surface area contributed by atoms with Crippen LogP contribution in [0.2, 0.25) is 0 Å². The van der Waals surface area contributed by atoms with Crippen LogP contribution in [-0.4, -0.2) is 33.4 Å². The molecule has 2 aliphatic rings. The van der Waals surface area contributed by atoms with Crippen LogP contribution < -0.4 is 0 Å². The third kappa shape index (κ3) is 3.65. The molecule has 4 nitrogen and oxygen atoms in total. The molecule has 0 spiro atoms. The Balaban J connectivity index is 1.37. The van der Waals surface area contributed by atoms with Gasteiger partial charge in [-0.3, -0.25) is 4.79 Å². The van der Waals surface area contributed by atoms with Crippen molar-refractivity contribution in [1.82, 2.24) is 14.5 Å². The number of carbonyl (C=O) groups excluding carboxylic acids is 1. The highest BCUT2D eigenvalue weighted by atomic mass is 16.2. The number of hydrogen-bond donors (Lipinski definition) is 0. The molecule has 1 aliphatic heterocycles. The molecule has 1 aliphatic carbocycles. The molecule has 2 aromatic heterocycles. The second kappa shape index (κ2) is 7.81. The van der Waals surface area contributed by atoms with Gasteiger partial charge in [0.25, 0.3) is 0 Å². The molecule has 0 aromatic carbocycles. The standard InChI is InChI=1S/C22H31N3O/c1-2-24-13-10-20-15-18(16-23-21(20)24)14-17-6-5-11-25(12-9-17)22(26)19-7-3-4-8-19/h10,13,15-17,19H,2-9,11-12,14H2,1H3/t17-/m0/s1. The van der Waals surface area contributed by atoms with Gasteiger partial charge in [0.2, 0.25) is 5.91 Å². The van der Waals surface area contributed by atoms with E-state index in [0.717, 1.165) is 57.4 Å². The molecule has 4 heteroatoms. The van der Waals surface area contributed by atoms with Crippen molar-refractivity contribution < 1.29 is 4.79 Å². The Morgan fingerprint density at radius 3 is 2.81 bits per heavy atom. The van der Waals surface area contributed by atoms with Crippen LogP contribution in [0.1, 0.15) is 57.4 Å². The molecule has 0 unspecified atom stereocenters. The number of pyridine rings is 1. The third-order valence-electron chi connectivity index (χ3n) is 6.39. The Morgan fingerprint density at radius 2 is 2.00 bits per heavy atom. The molecule has 1 saturated carbocycles. The van der Waals surface area contributed by atoms with Crippen LogP contribution >= 0.6 is 0 Å². The molecular weight excluding hydrogens is 322 g/mol. The van der Waals surface area contributed by atoms with E-state index in [9.17, 15) is 4.79 Å². The summed E-state index contributed by atoms with van der Waals surface area (Å²) in [6.45, 7) is 5.02. The van der Waals surface area contributed by atoms with E-state index < -0.39 is 0 Å². The van der Waals surface area contributed by atoms with Crippen molar-refractivity contribution in [2.75, 3.05) is 13.1 Å². The number of aryl methyl sites for hydroxylation is 1. The number of fused-ring (bicyclic) bond motifs is 1. The predicted molar refractivity (Wildman–Crippen MR) is 105 cm³/mol. The number of rotatable bonds is 4. The first kappa shape index (κ1) is 17.6. The summed E-state index contributed by atoms with van der Waals surface area (Å²) in [5.74, 6) is 1.43. The fourth-order valence-electron chi connectivity index (χ4n) is 4.84. The Hall–Kier alpha value is -1.84. The summed E-state index contributed by atoms with van der Waals surface area (Å²) in [6, 6.07) is 4.48. The predicted octanol–water partition coefficient (Wildman–Crippen LogP) is 4.42. The van der Waals surface area contributed by atoms with E-state index in [1.54, 1.807) is 0 Å². The molecule has 1 saturated heterocycles. The van der Waals surface area contributed by atoms with E-state index in [1.165, 1.54) is 30.2 Å². The lowest BCUT2D eigenvalue weighted by atomic mass is 9.93. The summed E-state index contributed by atoms with van der Waals surface area (Å²) in [4.78, 5) is 19.6. The Labute approximate surface area is 156 Å². The Kier molecular flexibility index (Phi) is 5.28. The maximum Gasteiger partial charge on any atom is 0.225 e. The van der Waals surface area contributed by atoms with Crippen LogP contribution in [-0.2, 0) is 17.8 Å². The Bertz CT molecular complexity index is 760. The first-order chi connectivity index (χ1) is 12.7. The van der Waals surface area contributed by atoms with E-state index >= 15 is 0 Å². The second-order valence-electron chi connectivity index (χ2n) is 8.17. The number of aromatic nitrogens is 2. The highest BCUT2D eigenvalue weighted by Gasteiger charge is 2.28. The molecule has 26 heavy (non-hydrogen) atoms. The van der Waals surface area contributed by atoms with Gasteiger partial charge in [0.15, 0.2) is 0 Å². The van der Waals surface area contributed by atoms with Crippen molar-refractivity contribution in [3.63, 3.8) is 0 Å². The average molecular weight is 354 g/mol. The van der Waals surface area contributed by atoms with E-state index in [-0.39, 0.29) is 0 Å². The molecule has 4 rings (SSSR count). The van der Waals surface area contributed by atoms with Gasteiger partial charge in [0, 0.05) is 43.3 Å². The molecule has 2 aromatic rings. The summed E-state index contributed by atoms with van der Waals surface area (Å²) >= 11 is 0. The molecule has 2 fully saturated rings. The maximum absolute atomic E-state index is 12.7. The molecule has 0 N–H and O–H groups in total. The number of amides is 1. The number of likely N-dealkylation sites (tertiary alicyclic amines) is 1. The third-order valence-corrected chi connectivity index (χ3v) is 6.39. The van der Waals surface area contributed by atoms with Gasteiger partial charge in [0.05, 0.1) is 0 Å². The summed E-state index contributed by atoms with van der Waals surface area (Å²) in [5.41, 5.74) is 2.43. The average Bonchev–Trinajstić information content (AvgIpc) is 3.27. The minimum atomic E-state index is 0.320. The van der Waals surface area contributed by atoms with Crippen molar-refractivity contribution in [3.05, 3.63) is 30.1 Å². The monoisotopic (exact) mass is 353 g/mol. The van der Waals surface area contributed by atoms with Crippen molar-refractivity contribution in [1.29, 1.82) is 0 Å². The van der Waals surface area contributed by atoms with Crippen LogP contribution in [0.25, 0.3) is 11.0 Å². The summed E-state index contributed by atoms with van der Waals surface area (Å²) in [5, 5.41) is 1.25. The SMILES string of the molecule is CCn1ccc2cc(C[C@H]3CCCN(C(=O)C4CCCC4)CC3)cnc21. The lowest BCUT2D eigenvalue weighted by Crippen LogP contribution is -2.36. The zero-order valence-electron chi connectivity index (χ0n) is 16.0. The van der Waals surface area contributed by atoms with Gasteiger partial charge < -0.3 is 9.47 Å². The topological polar surface area (TPSA) is 38.1 Å². The first-order valence-corrected chi connectivity index (χ1v) is 10.5. The lowest BCUT2D eigenvalue weighted by molar-refractivity contribution is -0.135. The van der Waals surface area contributed by atoms with Crippen LogP contribution in [0, 0.1) is 11.8 Å². The normalized spacial score (nSPS) is 22.0. The molecule has 1 amide bonds.